The second kappa shape index (κ2) is 18.4. The monoisotopic (exact) mass is 1020 g/mol. The Morgan fingerprint density at radius 3 is 0.871 bits per heavy atom. The third-order valence-corrected chi connectivity index (χ3v) is 38.2. The third kappa shape index (κ3) is 9.89. The van der Waals surface area contributed by atoms with Crippen molar-refractivity contribution in [2.45, 2.75) is 164 Å². The molecule has 4 aliphatic rings. The van der Waals surface area contributed by atoms with Crippen LogP contribution in [0.1, 0.15) is 173 Å². The summed E-state index contributed by atoms with van der Waals surface area (Å²) in [5.41, 5.74) is 27.4. The molecule has 0 bridgehead atoms. The summed E-state index contributed by atoms with van der Waals surface area (Å²) in [6.45, 7) is 33.7. The molecular formula is C68H81SiZr. The van der Waals surface area contributed by atoms with Crippen molar-refractivity contribution >= 4 is 18.1 Å². The van der Waals surface area contributed by atoms with E-state index >= 15 is 0 Å². The fourth-order valence-electron chi connectivity index (χ4n) is 12.0. The van der Waals surface area contributed by atoms with Crippen molar-refractivity contribution in [2.75, 3.05) is 0 Å². The van der Waals surface area contributed by atoms with E-state index in [9.17, 15) is 0 Å². The molecule has 2 heteroatoms. The van der Waals surface area contributed by atoms with Gasteiger partial charge in [-0.15, -0.1) is 0 Å². The average Bonchev–Trinajstić information content (AvgIpc) is 4.24. The normalized spacial score (nSPS) is 18.2. The zero-order valence-electron chi connectivity index (χ0n) is 45.3. The average molecular weight is 1020 g/mol. The van der Waals surface area contributed by atoms with Crippen molar-refractivity contribution in [1.29, 1.82) is 0 Å². The van der Waals surface area contributed by atoms with Gasteiger partial charge in [0.25, 0.3) is 0 Å². The molecule has 70 heavy (non-hydrogen) atoms. The molecule has 10 rings (SSSR count). The first-order valence-corrected chi connectivity index (χ1v) is 37.1. The zero-order chi connectivity index (χ0) is 49.7. The van der Waals surface area contributed by atoms with E-state index in [1.807, 2.05) is 0 Å². The van der Waals surface area contributed by atoms with Crippen molar-refractivity contribution in [1.82, 2.24) is 0 Å². The molecule has 0 spiro atoms. The second-order valence-electron chi connectivity index (χ2n) is 26.5. The Labute approximate surface area is 432 Å². The summed E-state index contributed by atoms with van der Waals surface area (Å²) in [5.74, 6) is 0.400. The summed E-state index contributed by atoms with van der Waals surface area (Å²) in [5, 5.41) is 0. The molecule has 2 atom stereocenters. The Morgan fingerprint density at radius 2 is 0.629 bits per heavy atom. The van der Waals surface area contributed by atoms with Gasteiger partial charge in [0.2, 0.25) is 0 Å². The standard InChI is InChI=1S/2C33H37.C2H7Si.Zr/c2*1-32(2,3)26-13-9-24(10-14-26)28-17-18-29(25-11-15-27(16-12-25)33(4,5)6)31-21-23(20-30(28)31)19-22-7-8-22;1-3-2;/h2*9-18,20-22H,7-8,19H2,1-6H3;3H,1-2H3;. The number of benzene rings is 6. The first-order chi connectivity index (χ1) is 33.0. The zero-order valence-corrected chi connectivity index (χ0v) is 48.9. The molecule has 2 saturated carbocycles. The molecule has 2 fully saturated rings. The third-order valence-electron chi connectivity index (χ3n) is 16.6. The van der Waals surface area contributed by atoms with Crippen LogP contribution in [0.5, 0.6) is 0 Å². The van der Waals surface area contributed by atoms with Crippen molar-refractivity contribution in [3.63, 3.8) is 0 Å². The van der Waals surface area contributed by atoms with E-state index in [0.29, 0.717) is 7.25 Å². The van der Waals surface area contributed by atoms with Crippen LogP contribution in [0.3, 0.4) is 0 Å². The predicted molar refractivity (Wildman–Crippen MR) is 304 cm³/mol. The van der Waals surface area contributed by atoms with Crippen LogP contribution in [-0.4, -0.2) is 5.92 Å². The molecule has 0 heterocycles. The van der Waals surface area contributed by atoms with Crippen LogP contribution in [0, 0.1) is 11.8 Å². The van der Waals surface area contributed by atoms with E-state index in [4.69, 9.17) is 0 Å². The molecule has 0 nitrogen and oxygen atoms in total. The number of rotatable bonds is 11. The summed E-state index contributed by atoms with van der Waals surface area (Å²) in [4.78, 5) is 0. The fourth-order valence-corrected chi connectivity index (χ4v) is 34.7. The summed E-state index contributed by atoms with van der Waals surface area (Å²) in [7, 11) is 0. The Balaban J connectivity index is 1.22. The molecule has 0 N–H and O–H groups in total. The number of hydrogen-bond donors (Lipinski definition) is 0. The SMILES string of the molecule is C[SiH](C)[Zr]([CH]1C(CC2CC2)=Cc2c(-c3ccc(C(C)(C)C)cc3)ccc(-c3ccc(C(C)(C)C)cc3)c21)[CH]1C(CC2CC2)=Cc2c(-c3ccc(C(C)(C)C)cc3)ccc(-c3ccc(C(C)(C)C)cc3)c21. The minimum atomic E-state index is -2.66. The van der Waals surface area contributed by atoms with Crippen LogP contribution < -0.4 is 0 Å². The molecule has 0 radical (unpaired) electrons. The summed E-state index contributed by atoms with van der Waals surface area (Å²) in [6, 6.07) is 49.1. The van der Waals surface area contributed by atoms with Gasteiger partial charge in [-0.3, -0.25) is 0 Å². The quantitative estimate of drug-likeness (QED) is 0.113. The van der Waals surface area contributed by atoms with Gasteiger partial charge in [0, 0.05) is 0 Å². The topological polar surface area (TPSA) is 0 Å². The van der Waals surface area contributed by atoms with Crippen LogP contribution >= 0.6 is 0 Å². The number of fused-ring (bicyclic) bond motifs is 2. The maximum atomic E-state index is 2.80. The van der Waals surface area contributed by atoms with Gasteiger partial charge in [0.05, 0.1) is 0 Å². The van der Waals surface area contributed by atoms with Crippen LogP contribution in [0.25, 0.3) is 56.7 Å². The van der Waals surface area contributed by atoms with Gasteiger partial charge < -0.3 is 0 Å². The van der Waals surface area contributed by atoms with E-state index in [1.54, 1.807) is 22.3 Å². The Bertz CT molecular complexity index is 2760. The second-order valence-corrected chi connectivity index (χ2v) is 46.6. The van der Waals surface area contributed by atoms with Gasteiger partial charge in [0.15, 0.2) is 0 Å². The van der Waals surface area contributed by atoms with E-state index in [-0.39, 0.29) is 21.7 Å². The molecular weight excluding hydrogens is 936 g/mol. The van der Waals surface area contributed by atoms with E-state index < -0.39 is 26.8 Å². The molecule has 6 aromatic rings. The number of allylic oxidation sites excluding steroid dienone is 2. The van der Waals surface area contributed by atoms with E-state index in [0.717, 1.165) is 11.8 Å². The van der Waals surface area contributed by atoms with Crippen LogP contribution in [0.15, 0.2) is 132 Å². The summed E-state index contributed by atoms with van der Waals surface area (Å²) < 4.78 is 1.08. The van der Waals surface area contributed by atoms with Crippen LogP contribution in [0.4, 0.5) is 0 Å². The summed E-state index contributed by atoms with van der Waals surface area (Å²) >= 11 is -2.66. The van der Waals surface area contributed by atoms with Gasteiger partial charge >= 0.3 is 436 Å². The number of hydrogen-bond acceptors (Lipinski definition) is 0. The van der Waals surface area contributed by atoms with Crippen molar-refractivity contribution in [2.24, 2.45) is 11.8 Å². The van der Waals surface area contributed by atoms with Crippen molar-refractivity contribution < 1.29 is 20.9 Å². The molecule has 6 aromatic carbocycles. The Kier molecular flexibility index (Phi) is 13.0. The molecule has 0 saturated heterocycles. The van der Waals surface area contributed by atoms with Gasteiger partial charge in [-0.05, 0) is 0 Å². The molecule has 361 valence electrons. The van der Waals surface area contributed by atoms with Gasteiger partial charge in [-0.25, -0.2) is 0 Å². The molecule has 2 unspecified atom stereocenters. The maximum absolute atomic E-state index is 2.80. The molecule has 4 aliphatic carbocycles. The Morgan fingerprint density at radius 1 is 0.371 bits per heavy atom. The first kappa shape index (κ1) is 49.5. The predicted octanol–water partition coefficient (Wildman–Crippen LogP) is 19.3. The van der Waals surface area contributed by atoms with Gasteiger partial charge in [-0.2, -0.15) is 0 Å². The van der Waals surface area contributed by atoms with E-state index in [2.05, 4.69) is 230 Å². The molecule has 0 aliphatic heterocycles. The van der Waals surface area contributed by atoms with E-state index in [1.165, 1.54) is 116 Å². The first-order valence-electron chi connectivity index (χ1n) is 27.1. The Hall–Kier alpha value is -4.10. The van der Waals surface area contributed by atoms with Gasteiger partial charge in [-0.1, -0.05) is 0 Å². The van der Waals surface area contributed by atoms with Crippen molar-refractivity contribution in [3.8, 4) is 44.5 Å². The van der Waals surface area contributed by atoms with Gasteiger partial charge in [0.1, 0.15) is 0 Å². The summed E-state index contributed by atoms with van der Waals surface area (Å²) in [6.07, 6.45) is 13.6. The van der Waals surface area contributed by atoms with Crippen LogP contribution in [-0.2, 0) is 42.6 Å². The van der Waals surface area contributed by atoms with Crippen molar-refractivity contribution in [3.05, 3.63) is 177 Å². The minimum absolute atomic E-state index is 0.105. The fraction of sp³-hybridized carbons (Fsp3) is 0.412. The molecule has 0 aromatic heterocycles. The molecule has 0 amide bonds. The van der Waals surface area contributed by atoms with Crippen LogP contribution in [0.2, 0.25) is 13.1 Å².